The highest BCUT2D eigenvalue weighted by molar-refractivity contribution is 5.81. The fourth-order valence-electron chi connectivity index (χ4n) is 1.42. The molecule has 0 bridgehead atoms. The van der Waals surface area contributed by atoms with E-state index in [4.69, 9.17) is 11.5 Å². The first-order valence-corrected chi connectivity index (χ1v) is 4.71. The van der Waals surface area contributed by atoms with Crippen LogP contribution in [0.3, 0.4) is 0 Å². The van der Waals surface area contributed by atoms with Gasteiger partial charge in [0.1, 0.15) is 0 Å². The van der Waals surface area contributed by atoms with Crippen LogP contribution in [-0.4, -0.2) is 49.6 Å². The van der Waals surface area contributed by atoms with Crippen molar-refractivity contribution < 1.29 is 4.79 Å². The van der Waals surface area contributed by atoms with Crippen LogP contribution in [-0.2, 0) is 4.79 Å². The molecular formula is C8H18N4O. The second-order valence-corrected chi connectivity index (χ2v) is 3.26. The summed E-state index contributed by atoms with van der Waals surface area (Å²) >= 11 is 0. The lowest BCUT2D eigenvalue weighted by Gasteiger charge is -2.29. The number of hydrogen-bond donors (Lipinski definition) is 3. The van der Waals surface area contributed by atoms with Gasteiger partial charge in [0.05, 0.1) is 6.04 Å². The summed E-state index contributed by atoms with van der Waals surface area (Å²) in [7, 11) is 0. The maximum Gasteiger partial charge on any atom is 0.239 e. The van der Waals surface area contributed by atoms with Gasteiger partial charge in [-0.2, -0.15) is 0 Å². The molecule has 76 valence electrons. The minimum atomic E-state index is -0.414. The van der Waals surface area contributed by atoms with Gasteiger partial charge < -0.3 is 21.7 Å². The summed E-state index contributed by atoms with van der Waals surface area (Å²) in [5, 5.41) is 3.18. The van der Waals surface area contributed by atoms with Crippen LogP contribution in [0.25, 0.3) is 0 Å². The lowest BCUT2D eigenvalue weighted by Crippen LogP contribution is -2.52. The smallest absolute Gasteiger partial charge is 0.239 e. The average Bonchev–Trinajstić information content (AvgIpc) is 2.18. The zero-order chi connectivity index (χ0) is 9.68. The normalized spacial score (nSPS) is 20.0. The van der Waals surface area contributed by atoms with E-state index in [2.05, 4.69) is 5.32 Å². The molecule has 5 heteroatoms. The van der Waals surface area contributed by atoms with E-state index in [1.165, 1.54) is 0 Å². The number of rotatable bonds is 3. The molecule has 1 atom stereocenters. The summed E-state index contributed by atoms with van der Waals surface area (Å²) in [6.45, 7) is 3.72. The Hall–Kier alpha value is -0.650. The van der Waals surface area contributed by atoms with Crippen molar-refractivity contribution in [2.45, 2.75) is 12.5 Å². The van der Waals surface area contributed by atoms with Gasteiger partial charge in [-0.05, 0) is 13.0 Å². The summed E-state index contributed by atoms with van der Waals surface area (Å²) in [6.07, 6.45) is 0.572. The Bertz CT molecular complexity index is 168. The standard InChI is InChI=1S/C8H18N4O/c9-2-1-7(10)8(13)12-5-3-11-4-6-12/h7,11H,1-6,9-10H2/t7-/m0/s1. The first-order valence-electron chi connectivity index (χ1n) is 4.71. The molecule has 0 aromatic heterocycles. The molecule has 0 aliphatic carbocycles. The molecule has 0 radical (unpaired) electrons. The van der Waals surface area contributed by atoms with Crippen LogP contribution in [0, 0.1) is 0 Å². The van der Waals surface area contributed by atoms with Gasteiger partial charge in [0.25, 0.3) is 0 Å². The number of hydrogen-bond acceptors (Lipinski definition) is 4. The van der Waals surface area contributed by atoms with Crippen LogP contribution in [0.5, 0.6) is 0 Å². The van der Waals surface area contributed by atoms with Crippen molar-refractivity contribution in [3.8, 4) is 0 Å². The van der Waals surface area contributed by atoms with Crippen molar-refractivity contribution in [2.75, 3.05) is 32.7 Å². The lowest BCUT2D eigenvalue weighted by molar-refractivity contribution is -0.133. The number of nitrogens with two attached hydrogens (primary N) is 2. The SMILES string of the molecule is NCC[C@H](N)C(=O)N1CCNCC1. The maximum absolute atomic E-state index is 11.6. The van der Waals surface area contributed by atoms with Crippen LogP contribution in [0.15, 0.2) is 0 Å². The quantitative estimate of drug-likeness (QED) is 0.480. The van der Waals surface area contributed by atoms with Gasteiger partial charge in [-0.1, -0.05) is 0 Å². The molecule has 0 unspecified atom stereocenters. The Kier molecular flexibility index (Phi) is 4.14. The highest BCUT2D eigenvalue weighted by Crippen LogP contribution is 1.98. The van der Waals surface area contributed by atoms with E-state index in [0.717, 1.165) is 26.2 Å². The van der Waals surface area contributed by atoms with Crippen molar-refractivity contribution in [3.05, 3.63) is 0 Å². The highest BCUT2D eigenvalue weighted by Gasteiger charge is 2.21. The van der Waals surface area contributed by atoms with Crippen molar-refractivity contribution >= 4 is 5.91 Å². The second-order valence-electron chi connectivity index (χ2n) is 3.26. The fraction of sp³-hybridized carbons (Fsp3) is 0.875. The topological polar surface area (TPSA) is 84.4 Å². The highest BCUT2D eigenvalue weighted by atomic mass is 16.2. The predicted molar refractivity (Wildman–Crippen MR) is 51.1 cm³/mol. The predicted octanol–water partition coefficient (Wildman–Crippen LogP) is -1.91. The molecule has 1 rings (SSSR count). The van der Waals surface area contributed by atoms with Crippen LogP contribution in [0.1, 0.15) is 6.42 Å². The molecule has 1 aliphatic heterocycles. The summed E-state index contributed by atoms with van der Waals surface area (Å²) < 4.78 is 0. The number of nitrogens with zero attached hydrogens (tertiary/aromatic N) is 1. The Labute approximate surface area is 78.4 Å². The van der Waals surface area contributed by atoms with Gasteiger partial charge >= 0.3 is 0 Å². The maximum atomic E-state index is 11.6. The molecule has 5 N–H and O–H groups in total. The molecule has 0 aromatic rings. The molecule has 1 aliphatic rings. The van der Waals surface area contributed by atoms with Crippen molar-refractivity contribution in [1.82, 2.24) is 10.2 Å². The van der Waals surface area contributed by atoms with E-state index in [9.17, 15) is 4.79 Å². The van der Waals surface area contributed by atoms with E-state index in [1.807, 2.05) is 0 Å². The second kappa shape index (κ2) is 5.16. The largest absolute Gasteiger partial charge is 0.339 e. The van der Waals surface area contributed by atoms with Crippen LogP contribution >= 0.6 is 0 Å². The Balaban J connectivity index is 2.36. The third kappa shape index (κ3) is 2.95. The van der Waals surface area contributed by atoms with Crippen LogP contribution in [0.4, 0.5) is 0 Å². The van der Waals surface area contributed by atoms with E-state index in [-0.39, 0.29) is 5.91 Å². The molecule has 0 aromatic carbocycles. The van der Waals surface area contributed by atoms with Gasteiger partial charge in [-0.15, -0.1) is 0 Å². The van der Waals surface area contributed by atoms with Gasteiger partial charge in [0.2, 0.25) is 5.91 Å². The molecule has 1 saturated heterocycles. The first-order chi connectivity index (χ1) is 6.25. The lowest BCUT2D eigenvalue weighted by atomic mass is 10.2. The van der Waals surface area contributed by atoms with Crippen molar-refractivity contribution in [3.63, 3.8) is 0 Å². The van der Waals surface area contributed by atoms with Gasteiger partial charge in [-0.25, -0.2) is 0 Å². The summed E-state index contributed by atoms with van der Waals surface area (Å²) in [6, 6.07) is -0.414. The van der Waals surface area contributed by atoms with Crippen molar-refractivity contribution in [1.29, 1.82) is 0 Å². The third-order valence-electron chi connectivity index (χ3n) is 2.22. The molecular weight excluding hydrogens is 168 g/mol. The van der Waals surface area contributed by atoms with Crippen LogP contribution in [0.2, 0.25) is 0 Å². The van der Waals surface area contributed by atoms with E-state index in [1.54, 1.807) is 4.90 Å². The number of nitrogens with one attached hydrogen (secondary N) is 1. The molecule has 13 heavy (non-hydrogen) atoms. The van der Waals surface area contributed by atoms with E-state index >= 15 is 0 Å². The van der Waals surface area contributed by atoms with E-state index in [0.29, 0.717) is 13.0 Å². The average molecular weight is 186 g/mol. The number of carbonyl (C=O) groups excluding carboxylic acids is 1. The summed E-state index contributed by atoms with van der Waals surface area (Å²) in [5.74, 6) is 0.0342. The summed E-state index contributed by atoms with van der Waals surface area (Å²) in [5.41, 5.74) is 11.0. The molecule has 0 spiro atoms. The van der Waals surface area contributed by atoms with Crippen molar-refractivity contribution in [2.24, 2.45) is 11.5 Å². The Morgan fingerprint density at radius 2 is 2.08 bits per heavy atom. The molecule has 1 amide bonds. The Morgan fingerprint density at radius 1 is 1.46 bits per heavy atom. The monoisotopic (exact) mass is 186 g/mol. The molecule has 1 fully saturated rings. The van der Waals surface area contributed by atoms with E-state index < -0.39 is 6.04 Å². The number of amides is 1. The van der Waals surface area contributed by atoms with Gasteiger partial charge in [-0.3, -0.25) is 4.79 Å². The minimum absolute atomic E-state index is 0.0342. The first kappa shape index (κ1) is 10.4. The Morgan fingerprint density at radius 3 is 2.62 bits per heavy atom. The molecule has 0 saturated carbocycles. The number of piperazine rings is 1. The molecule has 5 nitrogen and oxygen atoms in total. The number of carbonyl (C=O) groups is 1. The van der Waals surface area contributed by atoms with Gasteiger partial charge in [0.15, 0.2) is 0 Å². The molecule has 1 heterocycles. The third-order valence-corrected chi connectivity index (χ3v) is 2.22. The zero-order valence-electron chi connectivity index (χ0n) is 7.83. The fourth-order valence-corrected chi connectivity index (χ4v) is 1.42. The minimum Gasteiger partial charge on any atom is -0.339 e. The van der Waals surface area contributed by atoms with Gasteiger partial charge in [0, 0.05) is 26.2 Å². The van der Waals surface area contributed by atoms with Crippen LogP contribution < -0.4 is 16.8 Å². The summed E-state index contributed by atoms with van der Waals surface area (Å²) in [4.78, 5) is 13.4. The zero-order valence-corrected chi connectivity index (χ0v) is 7.83.